The molecule has 2 aliphatic rings. The number of β-amino-alcohol motifs (C(OH)–C–C–N with tert-alkyl or cyclic N) is 1. The first kappa shape index (κ1) is 33.1. The fourth-order valence-corrected chi connectivity index (χ4v) is 5.24. The van der Waals surface area contributed by atoms with Crippen LogP contribution in [0.5, 0.6) is 17.2 Å². The number of rotatable bonds is 11. The van der Waals surface area contributed by atoms with Crippen molar-refractivity contribution in [1.82, 2.24) is 4.90 Å². The Bertz CT molecular complexity index is 1360. The molecule has 1 fully saturated rings. The maximum absolute atomic E-state index is 15.5. The second kappa shape index (κ2) is 13.3. The lowest BCUT2D eigenvalue weighted by molar-refractivity contribution is -0.139. The number of hydrogen-bond donors (Lipinski definition) is 3. The van der Waals surface area contributed by atoms with Gasteiger partial charge in [-0.25, -0.2) is 9.18 Å². The number of ketones is 1. The van der Waals surface area contributed by atoms with Crippen molar-refractivity contribution in [2.75, 3.05) is 44.4 Å². The van der Waals surface area contributed by atoms with Crippen LogP contribution in [0, 0.1) is 11.2 Å². The molecule has 1 unspecified atom stereocenters. The van der Waals surface area contributed by atoms with E-state index in [0.29, 0.717) is 54.2 Å². The maximum Gasteiger partial charge on any atom is 0.341 e. The van der Waals surface area contributed by atoms with Crippen molar-refractivity contribution >= 4 is 40.3 Å². The number of carboxylic acid groups (broad SMARTS) is 1. The Morgan fingerprint density at radius 1 is 1.10 bits per heavy atom. The van der Waals surface area contributed by atoms with E-state index in [4.69, 9.17) is 19.6 Å². The number of aliphatic hydroxyl groups is 1. The number of carboxylic acids is 1. The summed E-state index contributed by atoms with van der Waals surface area (Å²) >= 11 is 0. The number of benzene rings is 2. The number of ether oxygens (including phenoxy) is 3. The molecule has 1 saturated heterocycles. The average molecular weight is 653 g/mol. The third-order valence-corrected chi connectivity index (χ3v) is 7.15. The van der Waals surface area contributed by atoms with E-state index in [1.54, 1.807) is 32.0 Å². The van der Waals surface area contributed by atoms with Crippen LogP contribution in [-0.2, 0) is 16.8 Å². The maximum atomic E-state index is 15.5. The van der Waals surface area contributed by atoms with Gasteiger partial charge in [0.15, 0.2) is 29.7 Å². The molecule has 12 heteroatoms. The minimum Gasteiger partial charge on any atom is -0.490 e. The number of halogens is 2. The van der Waals surface area contributed by atoms with Crippen molar-refractivity contribution in [1.29, 1.82) is 5.41 Å². The van der Waals surface area contributed by atoms with Crippen LogP contribution in [0.1, 0.15) is 68.1 Å². The summed E-state index contributed by atoms with van der Waals surface area (Å²) in [6.07, 6.45) is -0.0229. The number of anilines is 1. The van der Waals surface area contributed by atoms with Gasteiger partial charge in [0, 0.05) is 30.8 Å². The highest BCUT2D eigenvalue weighted by Crippen LogP contribution is 2.42. The smallest absolute Gasteiger partial charge is 0.341 e. The van der Waals surface area contributed by atoms with Gasteiger partial charge in [0.1, 0.15) is 11.6 Å². The van der Waals surface area contributed by atoms with Gasteiger partial charge >= 0.3 is 5.97 Å². The lowest BCUT2D eigenvalue weighted by Gasteiger charge is -2.29. The number of hydrogen-bond acceptors (Lipinski definition) is 8. The largest absolute Gasteiger partial charge is 0.490 e. The van der Waals surface area contributed by atoms with Crippen molar-refractivity contribution in [3.05, 3.63) is 46.3 Å². The van der Waals surface area contributed by atoms with Crippen LogP contribution in [0.3, 0.4) is 0 Å². The van der Waals surface area contributed by atoms with Crippen LogP contribution >= 0.6 is 17.0 Å². The van der Waals surface area contributed by atoms with Gasteiger partial charge in [0.25, 0.3) is 0 Å². The lowest BCUT2D eigenvalue weighted by Crippen LogP contribution is -2.31. The normalized spacial score (nSPS) is 16.3. The molecule has 42 heavy (non-hydrogen) atoms. The molecule has 230 valence electrons. The Balaban J connectivity index is 0.00000484. The summed E-state index contributed by atoms with van der Waals surface area (Å²) in [5.74, 6) is -1.65. The second-order valence-corrected chi connectivity index (χ2v) is 11.2. The first-order valence-electron chi connectivity index (χ1n) is 13.8. The van der Waals surface area contributed by atoms with Gasteiger partial charge in [-0.05, 0) is 49.4 Å². The highest BCUT2D eigenvalue weighted by atomic mass is 79.9. The quantitative estimate of drug-likeness (QED) is 0.299. The van der Waals surface area contributed by atoms with Crippen molar-refractivity contribution in [2.24, 2.45) is 0 Å². The Hall–Kier alpha value is -3.38. The molecule has 2 aliphatic heterocycles. The molecule has 2 aromatic carbocycles. The minimum atomic E-state index is -1.13. The van der Waals surface area contributed by atoms with Gasteiger partial charge in [-0.2, -0.15) is 0 Å². The zero-order chi connectivity index (χ0) is 30.1. The number of amidine groups is 1. The van der Waals surface area contributed by atoms with Gasteiger partial charge in [-0.3, -0.25) is 10.2 Å². The zero-order valence-corrected chi connectivity index (χ0v) is 26.3. The highest BCUT2D eigenvalue weighted by molar-refractivity contribution is 8.93. The predicted molar refractivity (Wildman–Crippen MR) is 162 cm³/mol. The molecule has 0 radical (unpaired) electrons. The average Bonchev–Trinajstić information content (AvgIpc) is 3.46. The molecule has 4 rings (SSSR count). The van der Waals surface area contributed by atoms with Gasteiger partial charge in [-0.15, -0.1) is 17.0 Å². The summed E-state index contributed by atoms with van der Waals surface area (Å²) in [4.78, 5) is 28.5. The number of aliphatic carboxylic acids is 1. The summed E-state index contributed by atoms with van der Waals surface area (Å²) in [6, 6.07) is 5.01. The number of nitrogens with zero attached hydrogens (tertiary/aromatic N) is 2. The molecule has 2 aromatic rings. The van der Waals surface area contributed by atoms with Crippen LogP contribution < -0.4 is 19.1 Å². The molecular weight excluding hydrogens is 613 g/mol. The Morgan fingerprint density at radius 2 is 1.79 bits per heavy atom. The first-order valence-corrected chi connectivity index (χ1v) is 13.8. The Kier molecular flexibility index (Phi) is 10.5. The Morgan fingerprint density at radius 3 is 2.36 bits per heavy atom. The second-order valence-electron chi connectivity index (χ2n) is 11.2. The van der Waals surface area contributed by atoms with Crippen LogP contribution in [0.2, 0.25) is 0 Å². The molecule has 2 heterocycles. The molecule has 10 nitrogen and oxygen atoms in total. The summed E-state index contributed by atoms with van der Waals surface area (Å²) in [7, 11) is 0. The number of Topliss-reactive ketones (excluding diaryl/α,β-unsaturated/α-hetero) is 1. The third kappa shape index (κ3) is 6.81. The van der Waals surface area contributed by atoms with Crippen molar-refractivity contribution in [3.63, 3.8) is 0 Å². The number of nitrogens with one attached hydrogen (secondary N) is 1. The van der Waals surface area contributed by atoms with Crippen molar-refractivity contribution in [3.8, 4) is 17.2 Å². The van der Waals surface area contributed by atoms with Crippen molar-refractivity contribution in [2.45, 2.75) is 59.1 Å². The van der Waals surface area contributed by atoms with Gasteiger partial charge in [-0.1, -0.05) is 20.8 Å². The van der Waals surface area contributed by atoms with E-state index in [1.165, 1.54) is 4.90 Å². The zero-order valence-electron chi connectivity index (χ0n) is 24.6. The summed E-state index contributed by atoms with van der Waals surface area (Å²) in [5, 5.41) is 28.2. The lowest BCUT2D eigenvalue weighted by atomic mass is 9.84. The SMILES string of the molecule is Br.CCOc1cc2c(c(F)c1OCC)C(=N)N(CC(=O)c1cc(N3CCC(O)C3)c(OCC(=O)O)c(C(C)(C)C)c1)C2. The van der Waals surface area contributed by atoms with Crippen LogP contribution in [0.25, 0.3) is 0 Å². The fraction of sp³-hybridized carbons (Fsp3) is 0.500. The van der Waals surface area contributed by atoms with Crippen molar-refractivity contribution < 1.29 is 38.4 Å². The van der Waals surface area contributed by atoms with E-state index in [2.05, 4.69) is 0 Å². The molecule has 0 saturated carbocycles. The fourth-order valence-electron chi connectivity index (χ4n) is 5.24. The molecule has 0 spiro atoms. The Labute approximate surface area is 255 Å². The van der Waals surface area contributed by atoms with Crippen LogP contribution in [0.15, 0.2) is 18.2 Å². The summed E-state index contributed by atoms with van der Waals surface area (Å²) < 4.78 is 32.3. The number of carbonyl (C=O) groups excluding carboxylic acids is 1. The van der Waals surface area contributed by atoms with E-state index in [0.717, 1.165) is 0 Å². The highest BCUT2D eigenvalue weighted by Gasteiger charge is 2.34. The number of carbonyl (C=O) groups is 2. The van der Waals surface area contributed by atoms with Crippen LogP contribution in [0.4, 0.5) is 10.1 Å². The number of aliphatic hydroxyl groups excluding tert-OH is 1. The minimum absolute atomic E-state index is 0. The predicted octanol–water partition coefficient (Wildman–Crippen LogP) is 4.56. The topological polar surface area (TPSA) is 133 Å². The van der Waals surface area contributed by atoms with E-state index >= 15 is 4.39 Å². The molecule has 0 aromatic heterocycles. The molecular formula is C30H39BrFN3O7. The standard InChI is InChI=1S/C30H38FN3O7.BrH/c1-6-39-23-12-18-13-34(29(32)25(18)26(31)28(23)40-7-2)15-22(36)17-10-20(30(3,4)5)27(41-16-24(37)38)21(11-17)33-9-8-19(35)14-33;/h10-12,19,32,35H,6-9,13-16H2,1-5H3,(H,37,38);1H. The molecule has 1 atom stereocenters. The van der Waals surface area contributed by atoms with E-state index in [9.17, 15) is 19.8 Å². The molecule has 0 amide bonds. The van der Waals surface area contributed by atoms with E-state index in [1.807, 2.05) is 25.7 Å². The van der Waals surface area contributed by atoms with E-state index < -0.39 is 29.9 Å². The molecule has 0 aliphatic carbocycles. The van der Waals surface area contributed by atoms with Crippen LogP contribution in [-0.4, -0.2) is 78.3 Å². The third-order valence-electron chi connectivity index (χ3n) is 7.15. The summed E-state index contributed by atoms with van der Waals surface area (Å²) in [6.45, 7) is 10.1. The number of fused-ring (bicyclic) bond motifs is 1. The molecule has 0 bridgehead atoms. The first-order chi connectivity index (χ1) is 19.3. The van der Waals surface area contributed by atoms with Gasteiger partial charge in [0.05, 0.1) is 37.1 Å². The van der Waals surface area contributed by atoms with Gasteiger partial charge < -0.3 is 34.2 Å². The van der Waals surface area contributed by atoms with Gasteiger partial charge in [0.2, 0.25) is 0 Å². The monoisotopic (exact) mass is 651 g/mol. The van der Waals surface area contributed by atoms with E-state index in [-0.39, 0.29) is 65.4 Å². The molecule has 3 N–H and O–H groups in total. The summed E-state index contributed by atoms with van der Waals surface area (Å²) in [5.41, 5.74) is 1.64.